The van der Waals surface area contributed by atoms with E-state index in [1.165, 1.54) is 23.1 Å². The molecule has 0 fully saturated rings. The first-order valence-electron chi connectivity index (χ1n) is 10.7. The van der Waals surface area contributed by atoms with Crippen molar-refractivity contribution in [2.75, 3.05) is 4.90 Å². The minimum Gasteiger partial charge on any atom is -0.507 e. The van der Waals surface area contributed by atoms with Crippen molar-refractivity contribution in [3.8, 4) is 17.1 Å². The Bertz CT molecular complexity index is 1500. The van der Waals surface area contributed by atoms with Gasteiger partial charge in [-0.25, -0.2) is 4.79 Å². The maximum absolute atomic E-state index is 13.5. The largest absolute Gasteiger partial charge is 0.507 e. The summed E-state index contributed by atoms with van der Waals surface area (Å²) in [4.78, 5) is 26.5. The van der Waals surface area contributed by atoms with Crippen LogP contribution in [0.3, 0.4) is 0 Å². The van der Waals surface area contributed by atoms with Crippen LogP contribution in [0.25, 0.3) is 23.1 Å². The van der Waals surface area contributed by atoms with Crippen LogP contribution in [0.15, 0.2) is 105 Å². The second-order valence-electron chi connectivity index (χ2n) is 7.85. The summed E-state index contributed by atoms with van der Waals surface area (Å²) in [5, 5.41) is 19.4. The van der Waals surface area contributed by atoms with E-state index in [0.717, 1.165) is 15.6 Å². The number of rotatable bonds is 5. The topological polar surface area (TPSA) is 91.0 Å². The fraction of sp³-hybridized carbons (Fsp3) is 0. The molecule has 0 aliphatic carbocycles. The predicted molar refractivity (Wildman–Crippen MR) is 137 cm³/mol. The van der Waals surface area contributed by atoms with E-state index in [1.54, 1.807) is 18.2 Å². The van der Waals surface area contributed by atoms with E-state index >= 15 is 0 Å². The van der Waals surface area contributed by atoms with Crippen LogP contribution in [0.2, 0.25) is 0 Å². The van der Waals surface area contributed by atoms with Crippen molar-refractivity contribution in [2.24, 2.45) is 0 Å². The lowest BCUT2D eigenvalue weighted by molar-refractivity contribution is -0.113. The average molecular weight is 528 g/mol. The Morgan fingerprint density at radius 2 is 1.66 bits per heavy atom. The molecule has 1 aliphatic rings. The number of phenols is 1. The number of carboxylic acids is 1. The second kappa shape index (κ2) is 9.12. The third-order valence-electron chi connectivity index (χ3n) is 5.57. The van der Waals surface area contributed by atoms with Gasteiger partial charge in [0.1, 0.15) is 22.8 Å². The number of aromatic hydroxyl groups is 1. The van der Waals surface area contributed by atoms with Gasteiger partial charge in [0.05, 0.1) is 11.4 Å². The Morgan fingerprint density at radius 1 is 0.914 bits per heavy atom. The number of carbonyl (C=O) groups excluding carboxylic acids is 1. The van der Waals surface area contributed by atoms with Gasteiger partial charge in [0, 0.05) is 15.6 Å². The summed E-state index contributed by atoms with van der Waals surface area (Å²) < 4.78 is 6.93. The molecule has 0 saturated heterocycles. The number of carboxylic acid groups (broad SMARTS) is 1. The molecule has 172 valence electrons. The summed E-state index contributed by atoms with van der Waals surface area (Å²) in [6.45, 7) is 0. The number of hydrogen-bond acceptors (Lipinski definition) is 4. The molecule has 2 N–H and O–H groups in total. The van der Waals surface area contributed by atoms with Crippen molar-refractivity contribution in [2.45, 2.75) is 0 Å². The highest BCUT2D eigenvalue weighted by Gasteiger charge is 2.31. The van der Waals surface area contributed by atoms with Crippen LogP contribution in [0.4, 0.5) is 5.69 Å². The molecule has 1 aliphatic heterocycles. The van der Waals surface area contributed by atoms with Gasteiger partial charge in [-0.1, -0.05) is 58.4 Å². The molecule has 0 atom stereocenters. The monoisotopic (exact) mass is 527 g/mol. The van der Waals surface area contributed by atoms with Crippen molar-refractivity contribution in [3.63, 3.8) is 0 Å². The number of benzene rings is 3. The fourth-order valence-electron chi connectivity index (χ4n) is 3.88. The molecule has 7 heteroatoms. The first-order chi connectivity index (χ1) is 16.9. The Hall–Kier alpha value is -4.36. The zero-order valence-electron chi connectivity index (χ0n) is 18.2. The van der Waals surface area contributed by atoms with Crippen LogP contribution in [0.1, 0.15) is 21.7 Å². The Kier molecular flexibility index (Phi) is 5.84. The SMILES string of the molecule is O=C(O)c1cc(N2C(=O)/C(=C\c3ccc(-c4ccc(Br)cc4)o3)C=C2c2ccccc2)ccc1O. The molecule has 3 aromatic carbocycles. The lowest BCUT2D eigenvalue weighted by Gasteiger charge is -2.21. The number of furan rings is 1. The molecular formula is C28H18BrNO5. The molecular weight excluding hydrogens is 510 g/mol. The molecule has 0 bridgehead atoms. The van der Waals surface area contributed by atoms with Gasteiger partial charge in [0.2, 0.25) is 0 Å². The van der Waals surface area contributed by atoms with Gasteiger partial charge in [-0.3, -0.25) is 9.69 Å². The maximum atomic E-state index is 13.5. The van der Waals surface area contributed by atoms with Gasteiger partial charge in [-0.05, 0) is 60.2 Å². The Balaban J connectivity index is 1.56. The molecule has 4 aromatic rings. The lowest BCUT2D eigenvalue weighted by atomic mass is 10.1. The molecule has 0 radical (unpaired) electrons. The molecule has 1 aromatic heterocycles. The number of anilines is 1. The Labute approximate surface area is 209 Å². The summed E-state index contributed by atoms with van der Waals surface area (Å²) in [6, 6.07) is 24.7. The van der Waals surface area contributed by atoms with E-state index < -0.39 is 5.97 Å². The van der Waals surface area contributed by atoms with Crippen molar-refractivity contribution in [1.82, 2.24) is 0 Å². The van der Waals surface area contributed by atoms with Gasteiger partial charge in [0.25, 0.3) is 5.91 Å². The standard InChI is InChI=1S/C28H18BrNO5/c29-20-8-6-18(7-9-20)26-13-11-22(35-26)14-19-15-24(17-4-2-1-3-5-17)30(27(19)32)21-10-12-25(31)23(16-21)28(33)34/h1-16,31H,(H,33,34)/b19-14-. The van der Waals surface area contributed by atoms with Gasteiger partial charge < -0.3 is 14.6 Å². The van der Waals surface area contributed by atoms with E-state index in [9.17, 15) is 19.8 Å². The molecule has 1 amide bonds. The highest BCUT2D eigenvalue weighted by atomic mass is 79.9. The highest BCUT2D eigenvalue weighted by Crippen LogP contribution is 2.37. The van der Waals surface area contributed by atoms with Crippen LogP contribution in [-0.4, -0.2) is 22.1 Å². The van der Waals surface area contributed by atoms with Crippen molar-refractivity contribution in [3.05, 3.63) is 118 Å². The van der Waals surface area contributed by atoms with E-state index in [1.807, 2.05) is 60.7 Å². The third kappa shape index (κ3) is 4.41. The summed E-state index contributed by atoms with van der Waals surface area (Å²) >= 11 is 3.42. The fourth-order valence-corrected chi connectivity index (χ4v) is 4.14. The average Bonchev–Trinajstić information content (AvgIpc) is 3.45. The minimum absolute atomic E-state index is 0.287. The summed E-state index contributed by atoms with van der Waals surface area (Å²) in [5.74, 6) is -0.817. The van der Waals surface area contributed by atoms with Crippen molar-refractivity contribution in [1.29, 1.82) is 0 Å². The lowest BCUT2D eigenvalue weighted by Crippen LogP contribution is -2.25. The molecule has 0 spiro atoms. The first-order valence-corrected chi connectivity index (χ1v) is 11.5. The molecule has 0 unspecified atom stereocenters. The maximum Gasteiger partial charge on any atom is 0.339 e. The van der Waals surface area contributed by atoms with E-state index in [-0.39, 0.29) is 17.2 Å². The first kappa shape index (κ1) is 22.4. The zero-order valence-corrected chi connectivity index (χ0v) is 19.8. The van der Waals surface area contributed by atoms with E-state index in [2.05, 4.69) is 15.9 Å². The smallest absolute Gasteiger partial charge is 0.339 e. The van der Waals surface area contributed by atoms with Crippen LogP contribution < -0.4 is 4.90 Å². The molecule has 0 saturated carbocycles. The van der Waals surface area contributed by atoms with Crippen LogP contribution in [-0.2, 0) is 4.79 Å². The summed E-state index contributed by atoms with van der Waals surface area (Å²) in [5.41, 5.74) is 2.70. The van der Waals surface area contributed by atoms with Crippen LogP contribution in [0.5, 0.6) is 5.75 Å². The number of halogens is 1. The van der Waals surface area contributed by atoms with E-state index in [4.69, 9.17) is 4.42 Å². The number of nitrogens with zero attached hydrogens (tertiary/aromatic N) is 1. The summed E-state index contributed by atoms with van der Waals surface area (Å²) in [7, 11) is 0. The van der Waals surface area contributed by atoms with Crippen LogP contribution in [0, 0.1) is 0 Å². The molecule has 5 rings (SSSR count). The summed E-state index contributed by atoms with van der Waals surface area (Å²) in [6.07, 6.45) is 3.40. The molecule has 35 heavy (non-hydrogen) atoms. The normalized spacial score (nSPS) is 14.4. The zero-order chi connectivity index (χ0) is 24.5. The van der Waals surface area contributed by atoms with E-state index in [0.29, 0.717) is 28.5 Å². The van der Waals surface area contributed by atoms with Gasteiger partial charge in [-0.15, -0.1) is 0 Å². The van der Waals surface area contributed by atoms with Crippen LogP contribution >= 0.6 is 15.9 Å². The second-order valence-corrected chi connectivity index (χ2v) is 8.77. The minimum atomic E-state index is -1.28. The third-order valence-corrected chi connectivity index (χ3v) is 6.10. The van der Waals surface area contributed by atoms with Gasteiger partial charge in [0.15, 0.2) is 0 Å². The number of carbonyl (C=O) groups is 2. The Morgan fingerprint density at radius 3 is 2.37 bits per heavy atom. The van der Waals surface area contributed by atoms with Crippen molar-refractivity contribution < 1.29 is 24.2 Å². The highest BCUT2D eigenvalue weighted by molar-refractivity contribution is 9.10. The number of hydrogen-bond donors (Lipinski definition) is 2. The predicted octanol–water partition coefficient (Wildman–Crippen LogP) is 6.58. The molecule has 6 nitrogen and oxygen atoms in total. The molecule has 2 heterocycles. The van der Waals surface area contributed by atoms with Gasteiger partial charge >= 0.3 is 5.97 Å². The van der Waals surface area contributed by atoms with Gasteiger partial charge in [-0.2, -0.15) is 0 Å². The van der Waals surface area contributed by atoms with Crippen molar-refractivity contribution >= 4 is 45.3 Å². The quantitative estimate of drug-likeness (QED) is 0.286. The number of aromatic carboxylic acids is 1. The number of amides is 1.